The molecule has 3 rings (SSSR count). The summed E-state index contributed by atoms with van der Waals surface area (Å²) in [5.41, 5.74) is 4.34. The first kappa shape index (κ1) is 11.6. The molecule has 0 fully saturated rings. The van der Waals surface area contributed by atoms with Gasteiger partial charge in [0.15, 0.2) is 0 Å². The van der Waals surface area contributed by atoms with Crippen LogP contribution in [0.25, 0.3) is 10.9 Å². The minimum atomic E-state index is 0.691. The van der Waals surface area contributed by atoms with E-state index in [9.17, 15) is 0 Å². The van der Waals surface area contributed by atoms with Gasteiger partial charge in [0.25, 0.3) is 0 Å². The van der Waals surface area contributed by atoms with Crippen molar-refractivity contribution in [1.82, 2.24) is 20.0 Å². The van der Waals surface area contributed by atoms with E-state index in [4.69, 9.17) is 0 Å². The summed E-state index contributed by atoms with van der Waals surface area (Å²) in [7, 11) is 1.89. The molecule has 5 heteroatoms. The average Bonchev–Trinajstić information content (AvgIpc) is 2.84. The Kier molecular flexibility index (Phi) is 2.87. The van der Waals surface area contributed by atoms with Gasteiger partial charge in [-0.3, -0.25) is 9.67 Å². The number of hydrogen-bond donors (Lipinski definition) is 1. The molecule has 0 saturated carbocycles. The van der Waals surface area contributed by atoms with Crippen molar-refractivity contribution >= 4 is 16.6 Å². The molecule has 2 aromatic heterocycles. The fourth-order valence-electron chi connectivity index (χ4n) is 2.12. The molecule has 0 radical (unpaired) electrons. The van der Waals surface area contributed by atoms with Gasteiger partial charge in [-0.15, -0.1) is 5.10 Å². The fourth-order valence-corrected chi connectivity index (χ4v) is 2.12. The van der Waals surface area contributed by atoms with Crippen LogP contribution in [0.3, 0.4) is 0 Å². The number of nitrogens with one attached hydrogen (secondary N) is 1. The Morgan fingerprint density at radius 2 is 2.16 bits per heavy atom. The van der Waals surface area contributed by atoms with Gasteiger partial charge in [0.2, 0.25) is 0 Å². The van der Waals surface area contributed by atoms with Gasteiger partial charge < -0.3 is 5.32 Å². The second-order valence-corrected chi connectivity index (χ2v) is 4.53. The predicted octanol–water partition coefficient (Wildman–Crippen LogP) is 2.28. The number of aromatic nitrogens is 4. The third-order valence-electron chi connectivity index (χ3n) is 3.24. The molecule has 3 aromatic rings. The number of anilines is 1. The minimum absolute atomic E-state index is 0.691. The van der Waals surface area contributed by atoms with Crippen LogP contribution in [0.2, 0.25) is 0 Å². The SMILES string of the molecule is Cc1ccc(NCc2cnnn2C)c2cccnc12. The van der Waals surface area contributed by atoms with E-state index in [1.165, 1.54) is 5.56 Å². The van der Waals surface area contributed by atoms with Crippen LogP contribution in [0.1, 0.15) is 11.3 Å². The maximum Gasteiger partial charge on any atom is 0.0774 e. The van der Waals surface area contributed by atoms with Crippen LogP contribution in [-0.4, -0.2) is 20.0 Å². The van der Waals surface area contributed by atoms with Crippen LogP contribution in [0.15, 0.2) is 36.7 Å². The lowest BCUT2D eigenvalue weighted by Gasteiger charge is -2.10. The standard InChI is InChI=1S/C14H15N5/c1-10-5-6-13(12-4-3-7-15-14(10)12)16-8-11-9-17-18-19(11)2/h3-7,9,16H,8H2,1-2H3. The van der Waals surface area contributed by atoms with E-state index in [2.05, 4.69) is 45.7 Å². The van der Waals surface area contributed by atoms with E-state index in [0.717, 1.165) is 22.3 Å². The lowest BCUT2D eigenvalue weighted by Crippen LogP contribution is -2.06. The topological polar surface area (TPSA) is 55.6 Å². The average molecular weight is 253 g/mol. The van der Waals surface area contributed by atoms with Gasteiger partial charge in [0.05, 0.1) is 24.0 Å². The van der Waals surface area contributed by atoms with Gasteiger partial charge in [0.1, 0.15) is 0 Å². The quantitative estimate of drug-likeness (QED) is 0.778. The Labute approximate surface area is 111 Å². The van der Waals surface area contributed by atoms with E-state index in [0.29, 0.717) is 6.54 Å². The Bertz CT molecular complexity index is 717. The summed E-state index contributed by atoms with van der Waals surface area (Å²) in [6.07, 6.45) is 3.59. The smallest absolute Gasteiger partial charge is 0.0774 e. The van der Waals surface area contributed by atoms with Crippen LogP contribution in [0, 0.1) is 6.92 Å². The summed E-state index contributed by atoms with van der Waals surface area (Å²) >= 11 is 0. The summed E-state index contributed by atoms with van der Waals surface area (Å²) in [6, 6.07) is 8.21. The number of aryl methyl sites for hydroxylation is 2. The maximum absolute atomic E-state index is 4.43. The maximum atomic E-state index is 4.43. The zero-order chi connectivity index (χ0) is 13.2. The van der Waals surface area contributed by atoms with Crippen LogP contribution in [-0.2, 0) is 13.6 Å². The van der Waals surface area contributed by atoms with Crippen molar-refractivity contribution in [3.8, 4) is 0 Å². The number of hydrogen-bond acceptors (Lipinski definition) is 4. The van der Waals surface area contributed by atoms with Crippen molar-refractivity contribution in [3.05, 3.63) is 47.9 Å². The first-order valence-electron chi connectivity index (χ1n) is 6.17. The fraction of sp³-hybridized carbons (Fsp3) is 0.214. The molecule has 0 saturated heterocycles. The number of pyridine rings is 1. The molecule has 0 aliphatic carbocycles. The highest BCUT2D eigenvalue weighted by Crippen LogP contribution is 2.24. The highest BCUT2D eigenvalue weighted by atomic mass is 15.4. The van der Waals surface area contributed by atoms with Crippen molar-refractivity contribution in [1.29, 1.82) is 0 Å². The molecule has 1 N–H and O–H groups in total. The normalized spacial score (nSPS) is 10.8. The van der Waals surface area contributed by atoms with E-state index >= 15 is 0 Å². The van der Waals surface area contributed by atoms with E-state index < -0.39 is 0 Å². The van der Waals surface area contributed by atoms with Crippen LogP contribution < -0.4 is 5.32 Å². The lowest BCUT2D eigenvalue weighted by molar-refractivity contribution is 0.683. The molecule has 2 heterocycles. The highest BCUT2D eigenvalue weighted by molar-refractivity contribution is 5.93. The molecule has 0 aliphatic rings. The Morgan fingerprint density at radius 1 is 1.26 bits per heavy atom. The van der Waals surface area contributed by atoms with Crippen molar-refractivity contribution in [2.45, 2.75) is 13.5 Å². The van der Waals surface area contributed by atoms with Gasteiger partial charge in [-0.25, -0.2) is 0 Å². The highest BCUT2D eigenvalue weighted by Gasteiger charge is 2.05. The Hall–Kier alpha value is -2.43. The second kappa shape index (κ2) is 4.68. The molecule has 96 valence electrons. The lowest BCUT2D eigenvalue weighted by atomic mass is 10.1. The predicted molar refractivity (Wildman–Crippen MR) is 74.8 cm³/mol. The second-order valence-electron chi connectivity index (χ2n) is 4.53. The molecule has 0 aliphatic heterocycles. The van der Waals surface area contributed by atoms with E-state index in [-0.39, 0.29) is 0 Å². The molecule has 0 amide bonds. The summed E-state index contributed by atoms with van der Waals surface area (Å²) < 4.78 is 1.77. The summed E-state index contributed by atoms with van der Waals surface area (Å²) in [4.78, 5) is 4.43. The molecule has 5 nitrogen and oxygen atoms in total. The molecule has 19 heavy (non-hydrogen) atoms. The third kappa shape index (κ3) is 2.14. The molecule has 0 bridgehead atoms. The zero-order valence-electron chi connectivity index (χ0n) is 11.0. The van der Waals surface area contributed by atoms with Crippen molar-refractivity contribution in [3.63, 3.8) is 0 Å². The van der Waals surface area contributed by atoms with E-state index in [1.807, 2.05) is 19.3 Å². The minimum Gasteiger partial charge on any atom is -0.379 e. The molecular formula is C14H15N5. The summed E-state index contributed by atoms with van der Waals surface area (Å²) in [6.45, 7) is 2.76. The monoisotopic (exact) mass is 253 g/mol. The van der Waals surface area contributed by atoms with Gasteiger partial charge in [0, 0.05) is 24.3 Å². The molecular weight excluding hydrogens is 238 g/mol. The van der Waals surface area contributed by atoms with Gasteiger partial charge >= 0.3 is 0 Å². The largest absolute Gasteiger partial charge is 0.379 e. The number of nitrogens with zero attached hydrogens (tertiary/aromatic N) is 4. The van der Waals surface area contributed by atoms with Crippen molar-refractivity contribution < 1.29 is 0 Å². The van der Waals surface area contributed by atoms with Crippen molar-refractivity contribution in [2.24, 2.45) is 7.05 Å². The third-order valence-corrected chi connectivity index (χ3v) is 3.24. The first-order chi connectivity index (χ1) is 9.25. The molecule has 0 spiro atoms. The molecule has 0 atom stereocenters. The number of fused-ring (bicyclic) bond motifs is 1. The molecule has 1 aromatic carbocycles. The van der Waals surface area contributed by atoms with Crippen LogP contribution in [0.5, 0.6) is 0 Å². The van der Waals surface area contributed by atoms with Crippen LogP contribution in [0.4, 0.5) is 5.69 Å². The Morgan fingerprint density at radius 3 is 2.95 bits per heavy atom. The van der Waals surface area contributed by atoms with Crippen molar-refractivity contribution in [2.75, 3.05) is 5.32 Å². The first-order valence-corrected chi connectivity index (χ1v) is 6.17. The number of rotatable bonds is 3. The zero-order valence-corrected chi connectivity index (χ0v) is 11.0. The van der Waals surface area contributed by atoms with E-state index in [1.54, 1.807) is 10.9 Å². The van der Waals surface area contributed by atoms with Crippen LogP contribution >= 0.6 is 0 Å². The molecule has 0 unspecified atom stereocenters. The number of benzene rings is 1. The van der Waals surface area contributed by atoms with Gasteiger partial charge in [-0.1, -0.05) is 11.3 Å². The summed E-state index contributed by atoms with van der Waals surface area (Å²) in [5, 5.41) is 12.3. The summed E-state index contributed by atoms with van der Waals surface area (Å²) in [5.74, 6) is 0. The van der Waals surface area contributed by atoms with Gasteiger partial charge in [-0.05, 0) is 30.7 Å². The van der Waals surface area contributed by atoms with Gasteiger partial charge in [-0.2, -0.15) is 0 Å². The Balaban J connectivity index is 1.93.